The lowest BCUT2D eigenvalue weighted by atomic mass is 10.1. The van der Waals surface area contributed by atoms with Crippen LogP contribution in [0, 0.1) is 0 Å². The monoisotopic (exact) mass is 426 g/mol. The van der Waals surface area contributed by atoms with Crippen LogP contribution in [0.4, 0.5) is 5.69 Å². The molecule has 0 aromatic heterocycles. The molecule has 0 bridgehead atoms. The molecule has 2 aliphatic rings. The lowest BCUT2D eigenvalue weighted by Crippen LogP contribution is -2.26. The first-order valence-corrected chi connectivity index (χ1v) is 9.09. The van der Waals surface area contributed by atoms with Crippen molar-refractivity contribution < 1.29 is 28.6 Å². The minimum absolute atomic E-state index is 0.0388. The summed E-state index contributed by atoms with van der Waals surface area (Å²) in [6, 6.07) is 4.79. The molecule has 0 aliphatic carbocycles. The van der Waals surface area contributed by atoms with Crippen molar-refractivity contribution in [3.05, 3.63) is 35.5 Å². The van der Waals surface area contributed by atoms with E-state index < -0.39 is 17.8 Å². The average Bonchev–Trinajstić information content (AvgIpc) is 3.26. The zero-order valence-corrected chi connectivity index (χ0v) is 16.9. The van der Waals surface area contributed by atoms with Crippen LogP contribution in [0.5, 0.6) is 5.75 Å². The summed E-state index contributed by atoms with van der Waals surface area (Å²) >= 11 is 0. The minimum Gasteiger partial charge on any atom is -0.493 e. The van der Waals surface area contributed by atoms with Crippen molar-refractivity contribution in [2.24, 2.45) is 25.4 Å². The van der Waals surface area contributed by atoms with Gasteiger partial charge in [-0.2, -0.15) is 4.99 Å². The summed E-state index contributed by atoms with van der Waals surface area (Å²) < 4.78 is 15.0. The molecule has 0 saturated heterocycles. The third kappa shape index (κ3) is 4.86. The van der Waals surface area contributed by atoms with Crippen LogP contribution < -0.4 is 10.1 Å². The quantitative estimate of drug-likeness (QED) is 0.489. The second-order valence-electron chi connectivity index (χ2n) is 6.07. The highest BCUT2D eigenvalue weighted by molar-refractivity contribution is 6.69. The van der Waals surface area contributed by atoms with Crippen LogP contribution in [0.15, 0.2) is 55.4 Å². The number of amidine groups is 2. The van der Waals surface area contributed by atoms with Crippen LogP contribution in [0.1, 0.15) is 18.9 Å². The number of benzene rings is 1. The fraction of sp³-hybridized carbons (Fsp3) is 0.263. The number of rotatable bonds is 8. The van der Waals surface area contributed by atoms with Crippen molar-refractivity contribution in [2.45, 2.75) is 13.3 Å². The highest BCUT2D eigenvalue weighted by Gasteiger charge is 2.29. The van der Waals surface area contributed by atoms with E-state index in [0.717, 1.165) is 12.5 Å². The molecule has 0 atom stereocenters. The lowest BCUT2D eigenvalue weighted by molar-refractivity contribution is -0.138. The van der Waals surface area contributed by atoms with E-state index in [4.69, 9.17) is 4.74 Å². The van der Waals surface area contributed by atoms with E-state index >= 15 is 0 Å². The standard InChI is InChI=1S/C19H18N6O6/c1-4-7-31-13-6-5-10(20-12(19(28)30-3)9-14(26)29-2)8-11(13)16-21-17-15(18(27)22-16)23-25-24-17/h5-6,8-9,20H,4,7H2,1-3H3/b12-9+. The number of ether oxygens (including phenoxy) is 3. The zero-order chi connectivity index (χ0) is 22.4. The maximum Gasteiger partial charge on any atom is 0.354 e. The third-order valence-electron chi connectivity index (χ3n) is 3.95. The number of methoxy groups -OCH3 is 2. The Kier molecular flexibility index (Phi) is 6.60. The number of carbonyl (C=O) groups excluding carboxylic acids is 3. The summed E-state index contributed by atoms with van der Waals surface area (Å²) in [5.41, 5.74) is 0.544. The molecular weight excluding hydrogens is 408 g/mol. The number of esters is 2. The molecule has 12 heteroatoms. The highest BCUT2D eigenvalue weighted by Crippen LogP contribution is 2.27. The summed E-state index contributed by atoms with van der Waals surface area (Å²) in [6.07, 6.45) is 1.70. The molecule has 1 amide bonds. The highest BCUT2D eigenvalue weighted by atomic mass is 16.5. The van der Waals surface area contributed by atoms with Gasteiger partial charge in [0.25, 0.3) is 0 Å². The van der Waals surface area contributed by atoms with Gasteiger partial charge < -0.3 is 19.5 Å². The maximum absolute atomic E-state index is 12.2. The van der Waals surface area contributed by atoms with Crippen LogP contribution in [0.25, 0.3) is 0 Å². The van der Waals surface area contributed by atoms with Gasteiger partial charge in [0.05, 0.1) is 32.5 Å². The predicted molar refractivity (Wildman–Crippen MR) is 109 cm³/mol. The molecule has 3 rings (SSSR count). The summed E-state index contributed by atoms with van der Waals surface area (Å²) in [7, 11) is 2.36. The van der Waals surface area contributed by atoms with E-state index in [2.05, 4.69) is 40.2 Å². The van der Waals surface area contributed by atoms with Crippen molar-refractivity contribution in [3.63, 3.8) is 0 Å². The molecule has 1 aromatic carbocycles. The number of amides is 1. The molecule has 0 saturated carbocycles. The van der Waals surface area contributed by atoms with Gasteiger partial charge in [-0.15, -0.1) is 10.2 Å². The largest absolute Gasteiger partial charge is 0.493 e. The topological polar surface area (TPSA) is 153 Å². The van der Waals surface area contributed by atoms with Crippen LogP contribution in [-0.4, -0.2) is 56.1 Å². The van der Waals surface area contributed by atoms with E-state index in [-0.39, 0.29) is 23.1 Å². The normalized spacial score (nSPS) is 14.9. The van der Waals surface area contributed by atoms with Gasteiger partial charge in [0.1, 0.15) is 11.4 Å². The van der Waals surface area contributed by atoms with E-state index in [1.54, 1.807) is 18.2 Å². The minimum atomic E-state index is -0.782. The van der Waals surface area contributed by atoms with Gasteiger partial charge in [0, 0.05) is 5.69 Å². The second-order valence-corrected chi connectivity index (χ2v) is 6.07. The molecule has 160 valence electrons. The number of hydrogen-bond acceptors (Lipinski definition) is 11. The van der Waals surface area contributed by atoms with E-state index in [9.17, 15) is 14.4 Å². The van der Waals surface area contributed by atoms with Crippen molar-refractivity contribution in [1.29, 1.82) is 0 Å². The number of nitrogens with zero attached hydrogens (tertiary/aromatic N) is 5. The zero-order valence-electron chi connectivity index (χ0n) is 16.9. The Morgan fingerprint density at radius 1 is 1.13 bits per heavy atom. The van der Waals surface area contributed by atoms with E-state index in [1.807, 2.05) is 6.92 Å². The number of carbonyl (C=O) groups is 3. The lowest BCUT2D eigenvalue weighted by Gasteiger charge is -2.15. The molecule has 0 spiro atoms. The van der Waals surface area contributed by atoms with Crippen molar-refractivity contribution in [1.82, 2.24) is 0 Å². The number of hydrogen-bond donors (Lipinski definition) is 1. The van der Waals surface area contributed by atoms with Gasteiger partial charge in [0.2, 0.25) is 11.5 Å². The van der Waals surface area contributed by atoms with Crippen molar-refractivity contribution >= 4 is 40.9 Å². The van der Waals surface area contributed by atoms with E-state index in [0.29, 0.717) is 23.6 Å². The molecule has 31 heavy (non-hydrogen) atoms. The predicted octanol–water partition coefficient (Wildman–Crippen LogP) is 1.62. The molecular formula is C19H18N6O6. The number of nitrogens with one attached hydrogen (secondary N) is 1. The van der Waals surface area contributed by atoms with Gasteiger partial charge in [-0.1, -0.05) is 6.92 Å². The smallest absolute Gasteiger partial charge is 0.354 e. The first-order valence-electron chi connectivity index (χ1n) is 9.09. The Bertz CT molecular complexity index is 1090. The van der Waals surface area contributed by atoms with Gasteiger partial charge in [-0.25, -0.2) is 14.6 Å². The van der Waals surface area contributed by atoms with Crippen molar-refractivity contribution in [2.75, 3.05) is 26.1 Å². The molecule has 0 radical (unpaired) electrons. The summed E-state index contributed by atoms with van der Waals surface area (Å²) in [6.45, 7) is 2.36. The number of aliphatic imine (C=N–C) groups is 2. The molecule has 12 nitrogen and oxygen atoms in total. The molecule has 2 aliphatic heterocycles. The van der Waals surface area contributed by atoms with Gasteiger partial charge in [-0.05, 0) is 29.8 Å². The Morgan fingerprint density at radius 2 is 1.94 bits per heavy atom. The van der Waals surface area contributed by atoms with Gasteiger partial charge in [0.15, 0.2) is 5.84 Å². The first-order chi connectivity index (χ1) is 15.0. The molecule has 2 heterocycles. The van der Waals surface area contributed by atoms with Crippen LogP contribution >= 0.6 is 0 Å². The fourth-order valence-electron chi connectivity index (χ4n) is 2.52. The molecule has 1 N–H and O–H groups in total. The van der Waals surface area contributed by atoms with Crippen LogP contribution in [0.2, 0.25) is 0 Å². The molecule has 1 aromatic rings. The third-order valence-corrected chi connectivity index (χ3v) is 3.95. The molecule has 0 fully saturated rings. The van der Waals surface area contributed by atoms with Gasteiger partial charge >= 0.3 is 17.8 Å². The average molecular weight is 426 g/mol. The SMILES string of the molecule is CCCOc1ccc(N/C(=C/C(=O)OC)C(=O)OC)cc1C1=NC(=O)C2=NN=NC2=N1. The van der Waals surface area contributed by atoms with Gasteiger partial charge in [-0.3, -0.25) is 4.79 Å². The maximum atomic E-state index is 12.2. The Labute approximate surface area is 176 Å². The Morgan fingerprint density at radius 3 is 2.65 bits per heavy atom. The second kappa shape index (κ2) is 9.52. The summed E-state index contributed by atoms with van der Waals surface area (Å²) in [5.74, 6) is -1.65. The number of fused-ring (bicyclic) bond motifs is 1. The summed E-state index contributed by atoms with van der Waals surface area (Å²) in [5, 5.41) is 13.5. The Balaban J connectivity index is 2.01. The van der Waals surface area contributed by atoms with E-state index in [1.165, 1.54) is 14.2 Å². The first kappa shape index (κ1) is 21.5. The van der Waals surface area contributed by atoms with Crippen LogP contribution in [0.3, 0.4) is 0 Å². The molecule has 0 unspecified atom stereocenters. The van der Waals surface area contributed by atoms with Crippen molar-refractivity contribution in [3.8, 4) is 5.75 Å². The fourth-order valence-corrected chi connectivity index (χ4v) is 2.52. The number of anilines is 1. The van der Waals surface area contributed by atoms with Crippen LogP contribution in [-0.2, 0) is 23.9 Å². The summed E-state index contributed by atoms with van der Waals surface area (Å²) in [4.78, 5) is 44.0. The Hall–Kier alpha value is -4.22.